The fraction of sp³-hybridized carbons (Fsp3) is 0.600. The molecule has 1 fully saturated rings. The molecule has 0 bridgehead atoms. The van der Waals surface area contributed by atoms with Crippen LogP contribution in [-0.2, 0) is 17.8 Å². The molecule has 1 heterocycles. The van der Waals surface area contributed by atoms with Gasteiger partial charge in [-0.3, -0.25) is 4.79 Å². The van der Waals surface area contributed by atoms with Crippen molar-refractivity contribution in [3.63, 3.8) is 0 Å². The van der Waals surface area contributed by atoms with E-state index in [9.17, 15) is 9.90 Å². The lowest BCUT2D eigenvalue weighted by Gasteiger charge is -2.53. The highest BCUT2D eigenvalue weighted by Crippen LogP contribution is 2.57. The summed E-state index contributed by atoms with van der Waals surface area (Å²) < 4.78 is 0. The quantitative estimate of drug-likeness (QED) is 0.764. The molecule has 1 saturated carbocycles. The third-order valence-corrected chi connectivity index (χ3v) is 8.69. The molecule has 5 heteroatoms. The molecule has 2 aliphatic carbocycles. The van der Waals surface area contributed by atoms with Crippen molar-refractivity contribution in [2.24, 2.45) is 23.2 Å². The molecule has 30 heavy (non-hydrogen) atoms. The van der Waals surface area contributed by atoms with Crippen molar-refractivity contribution in [2.45, 2.75) is 65.5 Å². The van der Waals surface area contributed by atoms with E-state index in [1.807, 2.05) is 60.5 Å². The first-order valence-corrected chi connectivity index (χ1v) is 12.0. The fourth-order valence-electron chi connectivity index (χ4n) is 6.13. The lowest BCUT2D eigenvalue weighted by molar-refractivity contribution is -0.144. The summed E-state index contributed by atoms with van der Waals surface area (Å²) in [4.78, 5) is 21.2. The van der Waals surface area contributed by atoms with Crippen LogP contribution in [0.2, 0.25) is 0 Å². The zero-order valence-electron chi connectivity index (χ0n) is 18.8. The van der Waals surface area contributed by atoms with Gasteiger partial charge in [0, 0.05) is 30.3 Å². The number of nitrogens with zero attached hydrogens (tertiary/aromatic N) is 2. The molecular weight excluding hydrogens is 392 g/mol. The molecule has 6 atom stereocenters. The van der Waals surface area contributed by atoms with Gasteiger partial charge in [-0.2, -0.15) is 0 Å². The minimum atomic E-state index is -0.474. The first-order chi connectivity index (χ1) is 14.2. The number of hydrogen-bond acceptors (Lipinski definition) is 4. The molecule has 1 aromatic heterocycles. The van der Waals surface area contributed by atoms with E-state index in [-0.39, 0.29) is 35.0 Å². The van der Waals surface area contributed by atoms with E-state index in [1.165, 1.54) is 10.6 Å². The molecule has 0 saturated heterocycles. The standard InChI is InChI=1S/C25H34N2O2S/c1-15(24(29)27(5)14-18-9-7-6-8-10-18)19-11-12-25(4)13-20-22(26-17(3)30-20)16(2)21(25)23(19)28/h6-10,15-16,19,21,23,28H,11-14H2,1-5H3/t15-,16-,19-,21+,23-,25-/m0/s1. The molecule has 2 aromatic rings. The van der Waals surface area contributed by atoms with Crippen molar-refractivity contribution >= 4 is 17.2 Å². The normalized spacial score (nSPS) is 31.5. The summed E-state index contributed by atoms with van der Waals surface area (Å²) in [6.07, 6.45) is 2.49. The van der Waals surface area contributed by atoms with E-state index in [0.717, 1.165) is 29.8 Å². The number of benzene rings is 1. The fourth-order valence-corrected chi connectivity index (χ4v) is 7.37. The van der Waals surface area contributed by atoms with Crippen LogP contribution in [-0.4, -0.2) is 34.0 Å². The number of aliphatic hydroxyl groups excluding tert-OH is 1. The lowest BCUT2D eigenvalue weighted by Crippen LogP contribution is -2.53. The summed E-state index contributed by atoms with van der Waals surface area (Å²) in [7, 11) is 1.87. The van der Waals surface area contributed by atoms with Crippen molar-refractivity contribution in [3.8, 4) is 0 Å². The van der Waals surface area contributed by atoms with Crippen molar-refractivity contribution in [2.75, 3.05) is 7.05 Å². The van der Waals surface area contributed by atoms with Crippen molar-refractivity contribution < 1.29 is 9.90 Å². The van der Waals surface area contributed by atoms with Gasteiger partial charge in [0.05, 0.1) is 16.8 Å². The number of aromatic nitrogens is 1. The minimum absolute atomic E-state index is 0.00229. The van der Waals surface area contributed by atoms with Gasteiger partial charge in [0.1, 0.15) is 0 Å². The van der Waals surface area contributed by atoms with Gasteiger partial charge in [0.25, 0.3) is 0 Å². The molecule has 162 valence electrons. The summed E-state index contributed by atoms with van der Waals surface area (Å²) in [5.41, 5.74) is 2.39. The number of hydrogen-bond donors (Lipinski definition) is 1. The monoisotopic (exact) mass is 426 g/mol. The molecule has 1 aromatic carbocycles. The van der Waals surface area contributed by atoms with Crippen LogP contribution in [0.15, 0.2) is 30.3 Å². The van der Waals surface area contributed by atoms with E-state index in [2.05, 4.69) is 20.8 Å². The Hall–Kier alpha value is -1.72. The van der Waals surface area contributed by atoms with Gasteiger partial charge in [0.2, 0.25) is 5.91 Å². The number of thiazole rings is 1. The van der Waals surface area contributed by atoms with Crippen LogP contribution in [0.1, 0.15) is 60.7 Å². The Morgan fingerprint density at radius 1 is 1.37 bits per heavy atom. The van der Waals surface area contributed by atoms with Gasteiger partial charge in [-0.1, -0.05) is 51.1 Å². The van der Waals surface area contributed by atoms with Gasteiger partial charge < -0.3 is 10.0 Å². The van der Waals surface area contributed by atoms with E-state index < -0.39 is 6.10 Å². The largest absolute Gasteiger partial charge is 0.392 e. The number of fused-ring (bicyclic) bond motifs is 2. The van der Waals surface area contributed by atoms with E-state index in [1.54, 1.807) is 0 Å². The number of aryl methyl sites for hydroxylation is 1. The molecule has 1 amide bonds. The van der Waals surface area contributed by atoms with E-state index in [0.29, 0.717) is 6.54 Å². The second kappa shape index (κ2) is 8.08. The Morgan fingerprint density at radius 2 is 2.07 bits per heavy atom. The molecule has 0 unspecified atom stereocenters. The van der Waals surface area contributed by atoms with Crippen LogP contribution >= 0.6 is 11.3 Å². The zero-order valence-corrected chi connectivity index (χ0v) is 19.6. The van der Waals surface area contributed by atoms with Gasteiger partial charge in [-0.15, -0.1) is 11.3 Å². The van der Waals surface area contributed by atoms with Gasteiger partial charge in [0.15, 0.2) is 0 Å². The molecule has 1 N–H and O–H groups in total. The maximum Gasteiger partial charge on any atom is 0.225 e. The van der Waals surface area contributed by atoms with Crippen LogP contribution in [0.3, 0.4) is 0 Å². The van der Waals surface area contributed by atoms with Crippen molar-refractivity contribution in [1.82, 2.24) is 9.88 Å². The zero-order chi connectivity index (χ0) is 21.6. The van der Waals surface area contributed by atoms with E-state index in [4.69, 9.17) is 4.98 Å². The SMILES string of the molecule is Cc1nc2c(s1)C[C@]1(C)CC[C@@H]([C@H](C)C(=O)N(C)Cc3ccccc3)[C@H](O)[C@H]1[C@@H]2C. The lowest BCUT2D eigenvalue weighted by atomic mass is 9.53. The Labute approximate surface area is 184 Å². The molecular formula is C25H34N2O2S. The summed E-state index contributed by atoms with van der Waals surface area (Å²) in [5, 5.41) is 12.6. The van der Waals surface area contributed by atoms with Crippen LogP contribution in [0.5, 0.6) is 0 Å². The van der Waals surface area contributed by atoms with Crippen LogP contribution in [0.25, 0.3) is 0 Å². The molecule has 0 spiro atoms. The molecule has 2 aliphatic rings. The Bertz CT molecular complexity index is 911. The Kier molecular flexibility index (Phi) is 5.80. The highest BCUT2D eigenvalue weighted by atomic mass is 32.1. The Balaban J connectivity index is 1.51. The summed E-state index contributed by atoms with van der Waals surface area (Å²) in [5.74, 6) is 0.313. The predicted molar refractivity (Wildman–Crippen MR) is 121 cm³/mol. The molecule has 0 radical (unpaired) electrons. The summed E-state index contributed by atoms with van der Waals surface area (Å²) in [6, 6.07) is 10.1. The van der Waals surface area contributed by atoms with E-state index >= 15 is 0 Å². The van der Waals surface area contributed by atoms with Crippen molar-refractivity contribution in [3.05, 3.63) is 51.5 Å². The highest BCUT2D eigenvalue weighted by Gasteiger charge is 2.53. The summed E-state index contributed by atoms with van der Waals surface area (Å²) >= 11 is 1.81. The average Bonchev–Trinajstić information content (AvgIpc) is 3.07. The van der Waals surface area contributed by atoms with Crippen molar-refractivity contribution in [1.29, 1.82) is 0 Å². The average molecular weight is 427 g/mol. The number of amides is 1. The maximum atomic E-state index is 13.2. The van der Waals surface area contributed by atoms with Crippen LogP contribution in [0.4, 0.5) is 0 Å². The maximum absolute atomic E-state index is 13.2. The van der Waals surface area contributed by atoms with Gasteiger partial charge >= 0.3 is 0 Å². The van der Waals surface area contributed by atoms with Gasteiger partial charge in [-0.05, 0) is 49.0 Å². The highest BCUT2D eigenvalue weighted by molar-refractivity contribution is 7.11. The first-order valence-electron chi connectivity index (χ1n) is 11.1. The van der Waals surface area contributed by atoms with Crippen LogP contribution in [0, 0.1) is 30.1 Å². The van der Waals surface area contributed by atoms with Crippen LogP contribution < -0.4 is 0 Å². The smallest absolute Gasteiger partial charge is 0.225 e. The third kappa shape index (κ3) is 3.71. The number of carbonyl (C=O) groups excluding carboxylic acids is 1. The molecule has 4 nitrogen and oxygen atoms in total. The Morgan fingerprint density at radius 3 is 2.77 bits per heavy atom. The first kappa shape index (κ1) is 21.5. The molecule has 0 aliphatic heterocycles. The second-order valence-electron chi connectivity index (χ2n) is 9.85. The second-order valence-corrected chi connectivity index (χ2v) is 11.1. The predicted octanol–water partition coefficient (Wildman–Crippen LogP) is 4.80. The number of carbonyl (C=O) groups is 1. The summed E-state index contributed by atoms with van der Waals surface area (Å²) in [6.45, 7) is 9.24. The number of aliphatic hydroxyl groups is 1. The topological polar surface area (TPSA) is 53.4 Å². The molecule has 4 rings (SSSR count). The number of rotatable bonds is 4. The van der Waals surface area contributed by atoms with Gasteiger partial charge in [-0.25, -0.2) is 4.98 Å². The minimum Gasteiger partial charge on any atom is -0.392 e. The third-order valence-electron chi connectivity index (χ3n) is 7.70.